The van der Waals surface area contributed by atoms with E-state index in [2.05, 4.69) is 4.98 Å². The maximum absolute atomic E-state index is 11.9. The Hall–Kier alpha value is -1.19. The molecule has 0 aliphatic rings. The smallest absolute Gasteiger partial charge is 0.244 e. The molecule has 14 heavy (non-hydrogen) atoms. The van der Waals surface area contributed by atoms with Crippen LogP contribution >= 0.6 is 0 Å². The molecular weight excluding hydrogens is 186 g/mol. The summed E-state index contributed by atoms with van der Waals surface area (Å²) in [5.74, 6) is 0. The zero-order valence-electron chi connectivity index (χ0n) is 8.72. The number of nitrogens with two attached hydrogens (primary N) is 1. The van der Waals surface area contributed by atoms with E-state index in [-0.39, 0.29) is 12.1 Å². The monoisotopic (exact) mass is 202 g/mol. The molecular formula is C10H16F2N2. The third-order valence-corrected chi connectivity index (χ3v) is 1.49. The highest BCUT2D eigenvalue weighted by Crippen LogP contribution is 2.13. The molecule has 1 rings (SSSR count). The standard InChI is InChI=1S/C8H10F2N2.C2H6/c1-5-2-6(11)7(12-4-5)3-8(9)10;1-2/h2,4,8H,3,11H2,1H3;1-2H3. The fraction of sp³-hybridized carbons (Fsp3) is 0.500. The van der Waals surface area contributed by atoms with Crippen molar-refractivity contribution in [2.75, 3.05) is 5.73 Å². The molecule has 0 bridgehead atoms. The zero-order chi connectivity index (χ0) is 11.1. The van der Waals surface area contributed by atoms with E-state index in [9.17, 15) is 8.78 Å². The summed E-state index contributed by atoms with van der Waals surface area (Å²) < 4.78 is 23.8. The van der Waals surface area contributed by atoms with Crippen molar-refractivity contribution < 1.29 is 8.78 Å². The second-order valence-corrected chi connectivity index (χ2v) is 2.64. The quantitative estimate of drug-likeness (QED) is 0.800. The van der Waals surface area contributed by atoms with Crippen molar-refractivity contribution in [3.8, 4) is 0 Å². The summed E-state index contributed by atoms with van der Waals surface area (Å²) in [6.07, 6.45) is -1.22. The summed E-state index contributed by atoms with van der Waals surface area (Å²) in [5.41, 5.74) is 6.97. The van der Waals surface area contributed by atoms with E-state index in [4.69, 9.17) is 5.73 Å². The first-order chi connectivity index (χ1) is 6.59. The number of aromatic nitrogens is 1. The molecule has 0 unspecified atom stereocenters. The SMILES string of the molecule is CC.Cc1cnc(CC(F)F)c(N)c1. The van der Waals surface area contributed by atoms with Gasteiger partial charge in [0.25, 0.3) is 0 Å². The van der Waals surface area contributed by atoms with Gasteiger partial charge in [0.1, 0.15) is 0 Å². The van der Waals surface area contributed by atoms with Gasteiger partial charge in [-0.3, -0.25) is 4.98 Å². The fourth-order valence-electron chi connectivity index (χ4n) is 0.937. The Kier molecular flexibility index (Phi) is 5.76. The van der Waals surface area contributed by atoms with Gasteiger partial charge < -0.3 is 5.73 Å². The molecule has 0 aliphatic heterocycles. The maximum atomic E-state index is 11.9. The molecule has 0 amide bonds. The molecule has 1 aromatic rings. The van der Waals surface area contributed by atoms with Gasteiger partial charge in [-0.05, 0) is 18.6 Å². The van der Waals surface area contributed by atoms with Crippen LogP contribution in [0, 0.1) is 6.92 Å². The Morgan fingerprint density at radius 2 is 2.00 bits per heavy atom. The largest absolute Gasteiger partial charge is 0.397 e. The van der Waals surface area contributed by atoms with Crippen LogP contribution in [0.3, 0.4) is 0 Å². The molecule has 1 aromatic heterocycles. The van der Waals surface area contributed by atoms with E-state index < -0.39 is 6.43 Å². The van der Waals surface area contributed by atoms with Crippen LogP contribution in [-0.4, -0.2) is 11.4 Å². The van der Waals surface area contributed by atoms with E-state index in [1.54, 1.807) is 6.07 Å². The normalized spacial score (nSPS) is 9.57. The van der Waals surface area contributed by atoms with Crippen molar-refractivity contribution in [1.29, 1.82) is 0 Å². The number of nitrogens with zero attached hydrogens (tertiary/aromatic N) is 1. The molecule has 2 nitrogen and oxygen atoms in total. The predicted octanol–water partition coefficient (Wildman–Crippen LogP) is 2.81. The molecule has 0 saturated carbocycles. The fourth-order valence-corrected chi connectivity index (χ4v) is 0.937. The molecule has 0 aliphatic carbocycles. The Morgan fingerprint density at radius 3 is 2.43 bits per heavy atom. The molecule has 4 heteroatoms. The minimum Gasteiger partial charge on any atom is -0.397 e. The lowest BCUT2D eigenvalue weighted by molar-refractivity contribution is 0.148. The van der Waals surface area contributed by atoms with Gasteiger partial charge in [-0.1, -0.05) is 13.8 Å². The first kappa shape index (κ1) is 12.8. The number of aryl methyl sites for hydroxylation is 1. The molecule has 2 N–H and O–H groups in total. The van der Waals surface area contributed by atoms with E-state index in [1.165, 1.54) is 6.20 Å². The van der Waals surface area contributed by atoms with Crippen molar-refractivity contribution in [1.82, 2.24) is 4.98 Å². The molecule has 0 saturated heterocycles. The van der Waals surface area contributed by atoms with Crippen molar-refractivity contribution in [2.24, 2.45) is 0 Å². The topological polar surface area (TPSA) is 38.9 Å². The number of alkyl halides is 2. The summed E-state index contributed by atoms with van der Waals surface area (Å²) in [6, 6.07) is 1.64. The van der Waals surface area contributed by atoms with Crippen molar-refractivity contribution >= 4 is 5.69 Å². The molecule has 0 fully saturated rings. The number of pyridine rings is 1. The molecule has 0 aromatic carbocycles. The van der Waals surface area contributed by atoms with Crippen molar-refractivity contribution in [3.63, 3.8) is 0 Å². The Bertz CT molecular complexity index is 275. The van der Waals surface area contributed by atoms with Crippen LogP contribution in [0.1, 0.15) is 25.1 Å². The summed E-state index contributed by atoms with van der Waals surface area (Å²) in [7, 11) is 0. The first-order valence-electron chi connectivity index (χ1n) is 4.58. The first-order valence-corrected chi connectivity index (χ1v) is 4.58. The van der Waals surface area contributed by atoms with Gasteiger partial charge in [0.05, 0.1) is 17.8 Å². The minimum atomic E-state index is -2.39. The second kappa shape index (κ2) is 6.29. The van der Waals surface area contributed by atoms with Gasteiger partial charge in [-0.25, -0.2) is 8.78 Å². The van der Waals surface area contributed by atoms with Gasteiger partial charge in [-0.15, -0.1) is 0 Å². The highest BCUT2D eigenvalue weighted by Gasteiger charge is 2.08. The number of hydrogen-bond donors (Lipinski definition) is 1. The lowest BCUT2D eigenvalue weighted by Gasteiger charge is -2.03. The molecule has 0 atom stereocenters. The Morgan fingerprint density at radius 1 is 1.43 bits per heavy atom. The average molecular weight is 202 g/mol. The summed E-state index contributed by atoms with van der Waals surface area (Å²) in [5, 5.41) is 0. The zero-order valence-corrected chi connectivity index (χ0v) is 8.72. The highest BCUT2D eigenvalue weighted by atomic mass is 19.3. The van der Waals surface area contributed by atoms with Crippen LogP contribution in [0.5, 0.6) is 0 Å². The predicted molar refractivity (Wildman–Crippen MR) is 54.4 cm³/mol. The van der Waals surface area contributed by atoms with Crippen LogP contribution in [0.4, 0.5) is 14.5 Å². The number of hydrogen-bond acceptors (Lipinski definition) is 2. The minimum absolute atomic E-state index is 0.274. The Labute approximate surface area is 83.2 Å². The maximum Gasteiger partial charge on any atom is 0.244 e. The average Bonchev–Trinajstić information content (AvgIpc) is 2.13. The van der Waals surface area contributed by atoms with Crippen LogP contribution in [0.15, 0.2) is 12.3 Å². The number of halogens is 2. The molecule has 1 heterocycles. The Balaban J connectivity index is 0.000000791. The van der Waals surface area contributed by atoms with E-state index in [1.807, 2.05) is 20.8 Å². The van der Waals surface area contributed by atoms with Crippen LogP contribution in [-0.2, 0) is 6.42 Å². The van der Waals surface area contributed by atoms with Gasteiger partial charge in [0.2, 0.25) is 6.43 Å². The highest BCUT2D eigenvalue weighted by molar-refractivity contribution is 5.44. The van der Waals surface area contributed by atoms with E-state index in [0.717, 1.165) is 5.56 Å². The van der Waals surface area contributed by atoms with E-state index in [0.29, 0.717) is 5.69 Å². The number of nitrogen functional groups attached to an aromatic ring is 1. The van der Waals surface area contributed by atoms with Crippen LogP contribution in [0.2, 0.25) is 0 Å². The lowest BCUT2D eigenvalue weighted by atomic mass is 10.2. The van der Waals surface area contributed by atoms with Crippen LogP contribution < -0.4 is 5.73 Å². The van der Waals surface area contributed by atoms with Gasteiger partial charge in [0.15, 0.2) is 0 Å². The third kappa shape index (κ3) is 4.16. The molecule has 0 spiro atoms. The number of anilines is 1. The molecule has 80 valence electrons. The van der Waals surface area contributed by atoms with E-state index >= 15 is 0 Å². The van der Waals surface area contributed by atoms with Crippen molar-refractivity contribution in [2.45, 2.75) is 33.6 Å². The summed E-state index contributed by atoms with van der Waals surface area (Å²) in [4.78, 5) is 3.81. The third-order valence-electron chi connectivity index (χ3n) is 1.49. The summed E-state index contributed by atoms with van der Waals surface area (Å²) in [6.45, 7) is 5.81. The van der Waals surface area contributed by atoms with Crippen molar-refractivity contribution in [3.05, 3.63) is 23.5 Å². The van der Waals surface area contributed by atoms with Gasteiger partial charge >= 0.3 is 0 Å². The van der Waals surface area contributed by atoms with Gasteiger partial charge in [0, 0.05) is 6.20 Å². The van der Waals surface area contributed by atoms with Crippen LogP contribution in [0.25, 0.3) is 0 Å². The lowest BCUT2D eigenvalue weighted by Crippen LogP contribution is -2.04. The summed E-state index contributed by atoms with van der Waals surface area (Å²) >= 11 is 0. The second-order valence-electron chi connectivity index (χ2n) is 2.64. The molecule has 0 radical (unpaired) electrons. The van der Waals surface area contributed by atoms with Gasteiger partial charge in [-0.2, -0.15) is 0 Å². The number of rotatable bonds is 2.